The zero-order chi connectivity index (χ0) is 12.0. The van der Waals surface area contributed by atoms with Crippen molar-refractivity contribution in [1.82, 2.24) is 0 Å². The summed E-state index contributed by atoms with van der Waals surface area (Å²) < 4.78 is 10.9. The fourth-order valence-corrected chi connectivity index (χ4v) is 1.49. The van der Waals surface area contributed by atoms with Crippen molar-refractivity contribution in [3.63, 3.8) is 0 Å². The molecule has 0 aliphatic rings. The van der Waals surface area contributed by atoms with E-state index < -0.39 is 0 Å². The van der Waals surface area contributed by atoms with Crippen LogP contribution in [0.1, 0.15) is 25.8 Å². The largest absolute Gasteiger partial charge is 0.493 e. The third-order valence-corrected chi connectivity index (χ3v) is 2.64. The molecule has 0 unspecified atom stereocenters. The monoisotopic (exact) mass is 242 g/mol. The summed E-state index contributed by atoms with van der Waals surface area (Å²) in [5, 5.41) is 0. The van der Waals surface area contributed by atoms with Gasteiger partial charge in [-0.3, -0.25) is 0 Å². The van der Waals surface area contributed by atoms with Gasteiger partial charge in [0.2, 0.25) is 0 Å². The van der Waals surface area contributed by atoms with Crippen LogP contribution in [0.25, 0.3) is 0 Å². The lowest BCUT2D eigenvalue weighted by Gasteiger charge is -2.12. The van der Waals surface area contributed by atoms with Crippen LogP contribution in [-0.2, 0) is 5.88 Å². The Morgan fingerprint density at radius 3 is 2.56 bits per heavy atom. The summed E-state index contributed by atoms with van der Waals surface area (Å²) in [4.78, 5) is 0. The minimum absolute atomic E-state index is 0.489. The topological polar surface area (TPSA) is 18.5 Å². The number of halogens is 1. The van der Waals surface area contributed by atoms with Crippen molar-refractivity contribution in [2.75, 3.05) is 13.7 Å². The van der Waals surface area contributed by atoms with Crippen molar-refractivity contribution < 1.29 is 9.47 Å². The van der Waals surface area contributed by atoms with Crippen molar-refractivity contribution in [2.45, 2.75) is 26.1 Å². The van der Waals surface area contributed by atoms with E-state index in [-0.39, 0.29) is 0 Å². The Morgan fingerprint density at radius 2 is 2.00 bits per heavy atom. The summed E-state index contributed by atoms with van der Waals surface area (Å²) in [7, 11) is 1.64. The molecule has 2 nitrogen and oxygen atoms in total. The van der Waals surface area contributed by atoms with Crippen molar-refractivity contribution in [2.24, 2.45) is 5.92 Å². The molecule has 0 bridgehead atoms. The fraction of sp³-hybridized carbons (Fsp3) is 0.538. The third-order valence-electron chi connectivity index (χ3n) is 2.34. The van der Waals surface area contributed by atoms with Crippen LogP contribution in [0, 0.1) is 5.92 Å². The van der Waals surface area contributed by atoms with Gasteiger partial charge in [0.15, 0.2) is 11.5 Å². The number of hydrogen-bond donors (Lipinski definition) is 0. The lowest BCUT2D eigenvalue weighted by atomic mass is 10.1. The second-order valence-electron chi connectivity index (χ2n) is 4.15. The predicted molar refractivity (Wildman–Crippen MR) is 67.5 cm³/mol. The van der Waals surface area contributed by atoms with Crippen molar-refractivity contribution in [1.29, 1.82) is 0 Å². The number of methoxy groups -OCH3 is 1. The first-order valence-electron chi connectivity index (χ1n) is 5.53. The van der Waals surface area contributed by atoms with Crippen molar-refractivity contribution >= 4 is 11.6 Å². The Balaban J connectivity index is 2.64. The first kappa shape index (κ1) is 13.2. The van der Waals surface area contributed by atoms with Crippen LogP contribution in [0.4, 0.5) is 0 Å². The molecule has 0 fully saturated rings. The summed E-state index contributed by atoms with van der Waals surface area (Å²) in [5.74, 6) is 2.68. The first-order chi connectivity index (χ1) is 7.67. The van der Waals surface area contributed by atoms with E-state index in [1.54, 1.807) is 7.11 Å². The van der Waals surface area contributed by atoms with E-state index in [0.717, 1.165) is 23.5 Å². The molecule has 1 aromatic carbocycles. The lowest BCUT2D eigenvalue weighted by molar-refractivity contribution is 0.273. The Kier molecular flexibility index (Phi) is 5.47. The molecule has 0 aliphatic heterocycles. The molecule has 0 aliphatic carbocycles. The molecule has 0 spiro atoms. The van der Waals surface area contributed by atoms with E-state index in [4.69, 9.17) is 21.1 Å². The number of ether oxygens (including phenoxy) is 2. The highest BCUT2D eigenvalue weighted by Gasteiger charge is 2.05. The van der Waals surface area contributed by atoms with Gasteiger partial charge in [-0.05, 0) is 30.0 Å². The second-order valence-corrected chi connectivity index (χ2v) is 4.42. The van der Waals surface area contributed by atoms with E-state index in [1.165, 1.54) is 0 Å². The minimum atomic E-state index is 0.489. The molecule has 0 aromatic heterocycles. The van der Waals surface area contributed by atoms with E-state index in [1.807, 2.05) is 18.2 Å². The number of hydrogen-bond acceptors (Lipinski definition) is 2. The molecule has 16 heavy (non-hydrogen) atoms. The maximum atomic E-state index is 5.76. The zero-order valence-corrected chi connectivity index (χ0v) is 10.9. The maximum Gasteiger partial charge on any atom is 0.161 e. The smallest absolute Gasteiger partial charge is 0.161 e. The summed E-state index contributed by atoms with van der Waals surface area (Å²) >= 11 is 5.76. The molecule has 0 saturated heterocycles. The van der Waals surface area contributed by atoms with Crippen LogP contribution >= 0.6 is 11.6 Å². The first-order valence-corrected chi connectivity index (χ1v) is 6.06. The van der Waals surface area contributed by atoms with Crippen LogP contribution in [0.2, 0.25) is 0 Å². The zero-order valence-electron chi connectivity index (χ0n) is 10.1. The summed E-state index contributed by atoms with van der Waals surface area (Å²) in [6, 6.07) is 5.79. The highest BCUT2D eigenvalue weighted by molar-refractivity contribution is 6.17. The van der Waals surface area contributed by atoms with Gasteiger partial charge < -0.3 is 9.47 Å². The Morgan fingerprint density at radius 1 is 1.25 bits per heavy atom. The van der Waals surface area contributed by atoms with Gasteiger partial charge in [0.1, 0.15) is 0 Å². The molecule has 0 heterocycles. The van der Waals surface area contributed by atoms with E-state index in [0.29, 0.717) is 18.4 Å². The van der Waals surface area contributed by atoms with Crippen LogP contribution in [-0.4, -0.2) is 13.7 Å². The maximum absolute atomic E-state index is 5.76. The molecule has 0 saturated carbocycles. The van der Waals surface area contributed by atoms with Gasteiger partial charge in [-0.2, -0.15) is 0 Å². The second kappa shape index (κ2) is 6.64. The van der Waals surface area contributed by atoms with Gasteiger partial charge in [-0.15, -0.1) is 11.6 Å². The molecular weight excluding hydrogens is 224 g/mol. The summed E-state index contributed by atoms with van der Waals surface area (Å²) in [6.45, 7) is 5.07. The molecule has 0 N–H and O–H groups in total. The van der Waals surface area contributed by atoms with Crippen LogP contribution in [0.3, 0.4) is 0 Å². The standard InChI is InChI=1S/C13H19ClO2/c1-10(2)6-7-16-12-5-4-11(9-14)8-13(12)15-3/h4-5,8,10H,6-7,9H2,1-3H3. The highest BCUT2D eigenvalue weighted by atomic mass is 35.5. The third kappa shape index (κ3) is 3.93. The lowest BCUT2D eigenvalue weighted by Crippen LogP contribution is -2.02. The molecule has 90 valence electrons. The van der Waals surface area contributed by atoms with E-state index in [2.05, 4.69) is 13.8 Å². The number of alkyl halides is 1. The average Bonchev–Trinajstić information content (AvgIpc) is 2.29. The summed E-state index contributed by atoms with van der Waals surface area (Å²) in [6.07, 6.45) is 1.04. The van der Waals surface area contributed by atoms with Gasteiger partial charge >= 0.3 is 0 Å². The molecule has 0 radical (unpaired) electrons. The van der Waals surface area contributed by atoms with Gasteiger partial charge in [0, 0.05) is 5.88 Å². The molecule has 0 amide bonds. The van der Waals surface area contributed by atoms with Crippen molar-refractivity contribution in [3.8, 4) is 11.5 Å². The number of benzene rings is 1. The van der Waals surface area contributed by atoms with Gasteiger partial charge in [-0.1, -0.05) is 19.9 Å². The normalized spacial score (nSPS) is 10.6. The average molecular weight is 243 g/mol. The van der Waals surface area contributed by atoms with Gasteiger partial charge in [0.25, 0.3) is 0 Å². The minimum Gasteiger partial charge on any atom is -0.493 e. The van der Waals surface area contributed by atoms with E-state index >= 15 is 0 Å². The van der Waals surface area contributed by atoms with Gasteiger partial charge in [0.05, 0.1) is 13.7 Å². The molecular formula is C13H19ClO2. The van der Waals surface area contributed by atoms with Crippen molar-refractivity contribution in [3.05, 3.63) is 23.8 Å². The van der Waals surface area contributed by atoms with Crippen LogP contribution in [0.5, 0.6) is 11.5 Å². The van der Waals surface area contributed by atoms with E-state index in [9.17, 15) is 0 Å². The molecule has 1 rings (SSSR count). The Bertz CT molecular complexity index is 324. The highest BCUT2D eigenvalue weighted by Crippen LogP contribution is 2.28. The molecule has 0 atom stereocenters. The molecule has 1 aromatic rings. The Labute approximate surface area is 103 Å². The van der Waals surface area contributed by atoms with Crippen LogP contribution < -0.4 is 9.47 Å². The number of rotatable bonds is 6. The fourth-order valence-electron chi connectivity index (χ4n) is 1.32. The molecule has 3 heteroatoms. The van der Waals surface area contributed by atoms with Gasteiger partial charge in [-0.25, -0.2) is 0 Å². The SMILES string of the molecule is COc1cc(CCl)ccc1OCCC(C)C. The summed E-state index contributed by atoms with van der Waals surface area (Å²) in [5.41, 5.74) is 1.04. The van der Waals surface area contributed by atoms with Crippen LogP contribution in [0.15, 0.2) is 18.2 Å². The Hall–Kier alpha value is -0.890. The predicted octanol–water partition coefficient (Wildman–Crippen LogP) is 3.86. The quantitative estimate of drug-likeness (QED) is 0.706.